The Morgan fingerprint density at radius 3 is 2.61 bits per heavy atom. The van der Waals surface area contributed by atoms with E-state index < -0.39 is 23.7 Å². The molecule has 3 rings (SSSR count). The topological polar surface area (TPSA) is 78.9 Å². The summed E-state index contributed by atoms with van der Waals surface area (Å²) in [6, 6.07) is 14.5. The summed E-state index contributed by atoms with van der Waals surface area (Å²) in [5.74, 6) is -1.80. The molecule has 0 saturated carbocycles. The Morgan fingerprint density at radius 1 is 1.18 bits per heavy atom. The number of halogens is 1. The summed E-state index contributed by atoms with van der Waals surface area (Å²) in [6.45, 7) is 0.731. The molecule has 28 heavy (non-hydrogen) atoms. The zero-order valence-corrected chi connectivity index (χ0v) is 15.4. The van der Waals surface area contributed by atoms with E-state index in [9.17, 15) is 19.1 Å². The highest BCUT2D eigenvalue weighted by atomic mass is 19.1. The standard InChI is InChI=1S/C21H23FN2O4/c22-17-10-4-5-11-19(17)28-14-18(15-7-2-1-3-8-15)23-21(27)24-12-6-9-16(13-24)20(25)26/h1-5,7-8,10-11,16,18H,6,9,12-14H2,(H,23,27)(H,25,26). The van der Waals surface area contributed by atoms with Crippen molar-refractivity contribution in [1.82, 2.24) is 10.2 Å². The van der Waals surface area contributed by atoms with Gasteiger partial charge < -0.3 is 20.1 Å². The monoisotopic (exact) mass is 386 g/mol. The lowest BCUT2D eigenvalue weighted by Gasteiger charge is -2.32. The zero-order valence-electron chi connectivity index (χ0n) is 15.4. The molecule has 2 amide bonds. The van der Waals surface area contributed by atoms with Gasteiger partial charge in [-0.2, -0.15) is 0 Å². The molecule has 0 bridgehead atoms. The molecule has 0 spiro atoms. The molecule has 2 aromatic carbocycles. The maximum Gasteiger partial charge on any atom is 0.318 e. The quantitative estimate of drug-likeness (QED) is 0.797. The van der Waals surface area contributed by atoms with Gasteiger partial charge in [0.1, 0.15) is 6.61 Å². The van der Waals surface area contributed by atoms with Gasteiger partial charge in [-0.05, 0) is 30.5 Å². The van der Waals surface area contributed by atoms with Gasteiger partial charge in [0.05, 0.1) is 12.0 Å². The van der Waals surface area contributed by atoms with Crippen LogP contribution in [0.4, 0.5) is 9.18 Å². The lowest BCUT2D eigenvalue weighted by atomic mass is 9.98. The molecule has 0 aliphatic carbocycles. The molecule has 1 aliphatic rings. The van der Waals surface area contributed by atoms with Gasteiger partial charge in [-0.1, -0.05) is 42.5 Å². The summed E-state index contributed by atoms with van der Waals surface area (Å²) in [5, 5.41) is 12.1. The zero-order chi connectivity index (χ0) is 19.9. The molecule has 2 N–H and O–H groups in total. The van der Waals surface area contributed by atoms with E-state index in [1.54, 1.807) is 12.1 Å². The van der Waals surface area contributed by atoms with Gasteiger partial charge in [-0.3, -0.25) is 4.79 Å². The highest BCUT2D eigenvalue weighted by molar-refractivity contribution is 5.77. The number of aliphatic carboxylic acids is 1. The molecule has 0 aromatic heterocycles. The van der Waals surface area contributed by atoms with Crippen LogP contribution in [0, 0.1) is 11.7 Å². The first-order valence-electron chi connectivity index (χ1n) is 9.25. The first-order valence-corrected chi connectivity index (χ1v) is 9.25. The summed E-state index contributed by atoms with van der Waals surface area (Å²) in [6.07, 6.45) is 1.21. The number of nitrogens with zero attached hydrogens (tertiary/aromatic N) is 1. The van der Waals surface area contributed by atoms with E-state index in [0.717, 1.165) is 5.56 Å². The Kier molecular flexibility index (Phi) is 6.47. The summed E-state index contributed by atoms with van der Waals surface area (Å²) in [4.78, 5) is 25.5. The number of rotatable bonds is 6. The fourth-order valence-electron chi connectivity index (χ4n) is 3.24. The summed E-state index contributed by atoms with van der Waals surface area (Å²) in [5.41, 5.74) is 0.819. The summed E-state index contributed by atoms with van der Waals surface area (Å²) in [7, 11) is 0. The van der Waals surface area contributed by atoms with Gasteiger partial charge in [-0.15, -0.1) is 0 Å². The van der Waals surface area contributed by atoms with E-state index >= 15 is 0 Å². The van der Waals surface area contributed by atoms with Crippen molar-refractivity contribution in [2.45, 2.75) is 18.9 Å². The van der Waals surface area contributed by atoms with Gasteiger partial charge in [0.25, 0.3) is 0 Å². The first-order chi connectivity index (χ1) is 13.5. The number of para-hydroxylation sites is 1. The van der Waals surface area contributed by atoms with Crippen molar-refractivity contribution in [2.24, 2.45) is 5.92 Å². The van der Waals surface area contributed by atoms with Crippen LogP contribution in [0.25, 0.3) is 0 Å². The predicted molar refractivity (Wildman–Crippen MR) is 102 cm³/mol. The van der Waals surface area contributed by atoms with E-state index in [1.807, 2.05) is 30.3 Å². The minimum absolute atomic E-state index is 0.0485. The maximum absolute atomic E-state index is 13.8. The second-order valence-corrected chi connectivity index (χ2v) is 6.78. The normalized spacial score (nSPS) is 17.6. The molecule has 7 heteroatoms. The summed E-state index contributed by atoms with van der Waals surface area (Å²) >= 11 is 0. The third-order valence-electron chi connectivity index (χ3n) is 4.80. The average Bonchev–Trinajstić information content (AvgIpc) is 2.72. The van der Waals surface area contributed by atoms with E-state index in [1.165, 1.54) is 17.0 Å². The van der Waals surface area contributed by atoms with Crippen molar-refractivity contribution in [3.63, 3.8) is 0 Å². The van der Waals surface area contributed by atoms with Crippen LogP contribution < -0.4 is 10.1 Å². The maximum atomic E-state index is 13.8. The van der Waals surface area contributed by atoms with Crippen molar-refractivity contribution in [3.8, 4) is 5.75 Å². The highest BCUT2D eigenvalue weighted by Gasteiger charge is 2.29. The number of carbonyl (C=O) groups is 2. The molecule has 2 atom stereocenters. The van der Waals surface area contributed by atoms with Crippen LogP contribution in [0.1, 0.15) is 24.4 Å². The van der Waals surface area contributed by atoms with Gasteiger partial charge >= 0.3 is 12.0 Å². The lowest BCUT2D eigenvalue weighted by molar-refractivity contribution is -0.143. The largest absolute Gasteiger partial charge is 0.488 e. The molecule has 1 heterocycles. The van der Waals surface area contributed by atoms with E-state index in [4.69, 9.17) is 4.74 Å². The third kappa shape index (κ3) is 5.00. The fourth-order valence-corrected chi connectivity index (χ4v) is 3.24. The highest BCUT2D eigenvalue weighted by Crippen LogP contribution is 2.21. The Balaban J connectivity index is 1.69. The number of piperidine rings is 1. The minimum atomic E-state index is -0.889. The Hall–Kier alpha value is -3.09. The number of benzene rings is 2. The van der Waals surface area contributed by atoms with E-state index in [2.05, 4.69) is 5.32 Å². The van der Waals surface area contributed by atoms with E-state index in [-0.39, 0.29) is 24.9 Å². The molecule has 1 fully saturated rings. The number of hydrogen-bond donors (Lipinski definition) is 2. The number of carboxylic acids is 1. The molecular weight excluding hydrogens is 363 g/mol. The van der Waals surface area contributed by atoms with Gasteiger partial charge in [0.15, 0.2) is 11.6 Å². The SMILES string of the molecule is O=C(O)C1CCCN(C(=O)NC(COc2ccccc2F)c2ccccc2)C1. The number of ether oxygens (including phenoxy) is 1. The average molecular weight is 386 g/mol. The molecule has 0 radical (unpaired) electrons. The fraction of sp³-hybridized carbons (Fsp3) is 0.333. The number of hydrogen-bond acceptors (Lipinski definition) is 3. The molecule has 2 unspecified atom stereocenters. The third-order valence-corrected chi connectivity index (χ3v) is 4.80. The number of nitrogens with one attached hydrogen (secondary N) is 1. The number of likely N-dealkylation sites (tertiary alicyclic amines) is 1. The number of urea groups is 1. The number of carboxylic acid groups (broad SMARTS) is 1. The molecule has 2 aromatic rings. The minimum Gasteiger partial charge on any atom is -0.488 e. The van der Waals surface area contributed by atoms with Crippen molar-refractivity contribution in [3.05, 3.63) is 66.0 Å². The number of amides is 2. The Bertz CT molecular complexity index is 815. The lowest BCUT2D eigenvalue weighted by Crippen LogP contribution is -2.48. The van der Waals surface area contributed by atoms with E-state index in [0.29, 0.717) is 19.4 Å². The van der Waals surface area contributed by atoms with Gasteiger partial charge in [-0.25, -0.2) is 9.18 Å². The number of carbonyl (C=O) groups excluding carboxylic acids is 1. The van der Waals surface area contributed by atoms with Crippen molar-refractivity contribution >= 4 is 12.0 Å². The van der Waals surface area contributed by atoms with Gasteiger partial charge in [0.2, 0.25) is 0 Å². The van der Waals surface area contributed by atoms with Crippen LogP contribution in [0.3, 0.4) is 0 Å². The first kappa shape index (κ1) is 19.7. The van der Waals surface area contributed by atoms with Crippen LogP contribution >= 0.6 is 0 Å². The Labute approximate surface area is 162 Å². The molecule has 6 nitrogen and oxygen atoms in total. The van der Waals surface area contributed by atoms with Crippen LogP contribution in [0.15, 0.2) is 54.6 Å². The van der Waals surface area contributed by atoms with Crippen molar-refractivity contribution in [1.29, 1.82) is 0 Å². The van der Waals surface area contributed by atoms with Gasteiger partial charge in [0, 0.05) is 13.1 Å². The molecular formula is C21H23FN2O4. The molecule has 1 aliphatic heterocycles. The van der Waals surface area contributed by atoms with Crippen LogP contribution in [0.2, 0.25) is 0 Å². The molecule has 1 saturated heterocycles. The second-order valence-electron chi connectivity index (χ2n) is 6.78. The van der Waals surface area contributed by atoms with Crippen LogP contribution in [-0.4, -0.2) is 41.7 Å². The van der Waals surface area contributed by atoms with Crippen LogP contribution in [0.5, 0.6) is 5.75 Å². The molecule has 148 valence electrons. The van der Waals surface area contributed by atoms with Crippen LogP contribution in [-0.2, 0) is 4.79 Å². The van der Waals surface area contributed by atoms with Crippen molar-refractivity contribution < 1.29 is 23.8 Å². The Morgan fingerprint density at radius 2 is 1.89 bits per heavy atom. The second kappa shape index (κ2) is 9.21. The smallest absolute Gasteiger partial charge is 0.318 e. The van der Waals surface area contributed by atoms with Crippen molar-refractivity contribution in [2.75, 3.05) is 19.7 Å². The predicted octanol–water partition coefficient (Wildman–Crippen LogP) is 3.45. The summed E-state index contributed by atoms with van der Waals surface area (Å²) < 4.78 is 19.4.